The van der Waals surface area contributed by atoms with Gasteiger partial charge in [-0.05, 0) is 35.9 Å². The second kappa shape index (κ2) is 5.68. The Bertz CT molecular complexity index is 732. The van der Waals surface area contributed by atoms with Crippen LogP contribution in [0, 0.1) is 5.21 Å². The molecule has 108 valence electrons. The van der Waals surface area contributed by atoms with Gasteiger partial charge >= 0.3 is 5.97 Å². The summed E-state index contributed by atoms with van der Waals surface area (Å²) in [6, 6.07) is 6.21. The molecule has 0 saturated carbocycles. The number of hydrogen-bond acceptors (Lipinski definition) is 4. The van der Waals surface area contributed by atoms with E-state index in [4.69, 9.17) is 16.7 Å². The van der Waals surface area contributed by atoms with Crippen molar-refractivity contribution in [3.05, 3.63) is 58.0 Å². The molecule has 0 aliphatic carbocycles. The molecule has 21 heavy (non-hydrogen) atoms. The first-order valence-electron chi connectivity index (χ1n) is 5.65. The fourth-order valence-electron chi connectivity index (χ4n) is 1.59. The van der Waals surface area contributed by atoms with Gasteiger partial charge in [0, 0.05) is 11.8 Å². The van der Waals surface area contributed by atoms with Gasteiger partial charge in [0.2, 0.25) is 0 Å². The van der Waals surface area contributed by atoms with Crippen LogP contribution in [-0.2, 0) is 0 Å². The monoisotopic (exact) mass is 308 g/mol. The van der Waals surface area contributed by atoms with Crippen molar-refractivity contribution in [2.24, 2.45) is 0 Å². The molecule has 0 saturated heterocycles. The highest BCUT2D eigenvalue weighted by Crippen LogP contribution is 2.21. The number of pyridine rings is 1. The minimum Gasteiger partial charge on any atom is -0.618 e. The number of halogens is 1. The van der Waals surface area contributed by atoms with E-state index in [-0.39, 0.29) is 22.0 Å². The highest BCUT2D eigenvalue weighted by atomic mass is 35.5. The summed E-state index contributed by atoms with van der Waals surface area (Å²) in [7, 11) is 0. The summed E-state index contributed by atoms with van der Waals surface area (Å²) in [5, 5.41) is 31.9. The van der Waals surface area contributed by atoms with E-state index in [0.29, 0.717) is 4.73 Å². The van der Waals surface area contributed by atoms with Crippen LogP contribution in [0.25, 0.3) is 0 Å². The van der Waals surface area contributed by atoms with Crippen molar-refractivity contribution in [3.63, 3.8) is 0 Å². The topological polar surface area (TPSA) is 114 Å². The van der Waals surface area contributed by atoms with Crippen molar-refractivity contribution in [1.82, 2.24) is 0 Å². The zero-order valence-electron chi connectivity index (χ0n) is 10.4. The van der Waals surface area contributed by atoms with Crippen molar-refractivity contribution < 1.29 is 24.5 Å². The summed E-state index contributed by atoms with van der Waals surface area (Å²) < 4.78 is 0.329. The van der Waals surface area contributed by atoms with Gasteiger partial charge in [0.1, 0.15) is 16.9 Å². The number of hydrogen-bond donors (Lipinski definition) is 3. The van der Waals surface area contributed by atoms with E-state index in [1.54, 1.807) is 0 Å². The number of aromatic hydroxyl groups is 1. The van der Waals surface area contributed by atoms with E-state index >= 15 is 0 Å². The molecule has 2 aromatic rings. The van der Waals surface area contributed by atoms with Crippen LogP contribution in [0.2, 0.25) is 5.15 Å². The molecule has 1 amide bonds. The van der Waals surface area contributed by atoms with Crippen LogP contribution < -0.4 is 10.0 Å². The molecule has 0 unspecified atom stereocenters. The summed E-state index contributed by atoms with van der Waals surface area (Å²) in [5.41, 5.74) is -0.121. The number of benzene rings is 1. The van der Waals surface area contributed by atoms with Gasteiger partial charge in [0.25, 0.3) is 11.1 Å². The summed E-state index contributed by atoms with van der Waals surface area (Å²) in [6.45, 7) is 0. The number of carboxylic acids is 1. The molecule has 0 radical (unpaired) electrons. The van der Waals surface area contributed by atoms with Crippen LogP contribution in [0.5, 0.6) is 5.75 Å². The summed E-state index contributed by atoms with van der Waals surface area (Å²) >= 11 is 5.54. The normalized spacial score (nSPS) is 10.1. The molecular formula is C13H9ClN2O5. The van der Waals surface area contributed by atoms with Gasteiger partial charge in [-0.2, -0.15) is 4.73 Å². The molecule has 1 aromatic carbocycles. The molecule has 3 N–H and O–H groups in total. The molecule has 0 aliphatic heterocycles. The Hall–Kier alpha value is -2.80. The smallest absolute Gasteiger partial charge is 0.339 e. The highest BCUT2D eigenvalue weighted by Gasteiger charge is 2.14. The number of phenols is 1. The summed E-state index contributed by atoms with van der Waals surface area (Å²) in [4.78, 5) is 22.8. The third-order valence-corrected chi connectivity index (χ3v) is 2.91. The number of rotatable bonds is 3. The van der Waals surface area contributed by atoms with Gasteiger partial charge in [-0.15, -0.1) is 0 Å². The van der Waals surface area contributed by atoms with Gasteiger partial charge < -0.3 is 20.7 Å². The lowest BCUT2D eigenvalue weighted by Gasteiger charge is -2.07. The van der Waals surface area contributed by atoms with Gasteiger partial charge in [-0.1, -0.05) is 0 Å². The predicted molar refractivity (Wildman–Crippen MR) is 73.4 cm³/mol. The van der Waals surface area contributed by atoms with Crippen LogP contribution in [-0.4, -0.2) is 22.1 Å². The summed E-state index contributed by atoms with van der Waals surface area (Å²) in [6.07, 6.45) is 0.996. The van der Waals surface area contributed by atoms with Gasteiger partial charge in [0.05, 0.1) is 0 Å². The Morgan fingerprint density at radius 2 is 1.95 bits per heavy atom. The van der Waals surface area contributed by atoms with Crippen molar-refractivity contribution in [2.75, 3.05) is 5.32 Å². The molecule has 2 rings (SSSR count). The second-order valence-corrected chi connectivity index (χ2v) is 4.44. The number of anilines is 1. The molecule has 1 heterocycles. The first kappa shape index (κ1) is 14.6. The van der Waals surface area contributed by atoms with E-state index < -0.39 is 17.6 Å². The van der Waals surface area contributed by atoms with E-state index in [2.05, 4.69) is 5.32 Å². The van der Waals surface area contributed by atoms with Crippen molar-refractivity contribution in [3.8, 4) is 5.75 Å². The minimum atomic E-state index is -1.33. The number of aromatic carboxylic acids is 1. The lowest BCUT2D eigenvalue weighted by atomic mass is 10.1. The number of carbonyl (C=O) groups is 2. The molecule has 7 nitrogen and oxygen atoms in total. The fourth-order valence-corrected chi connectivity index (χ4v) is 1.70. The zero-order chi connectivity index (χ0) is 15.6. The van der Waals surface area contributed by atoms with E-state index in [9.17, 15) is 19.9 Å². The van der Waals surface area contributed by atoms with Gasteiger partial charge in [-0.3, -0.25) is 4.79 Å². The van der Waals surface area contributed by atoms with Crippen molar-refractivity contribution in [1.29, 1.82) is 0 Å². The van der Waals surface area contributed by atoms with Crippen molar-refractivity contribution in [2.45, 2.75) is 0 Å². The first-order chi connectivity index (χ1) is 9.88. The standard InChI is InChI=1S/C13H9ClN2O5/c14-11-4-1-7(6-16(11)21)12(18)15-8-2-3-10(17)9(5-8)13(19)20/h1-6,17H,(H,15,18)(H,19,20). The Morgan fingerprint density at radius 1 is 1.24 bits per heavy atom. The lowest BCUT2D eigenvalue weighted by Crippen LogP contribution is -2.29. The molecule has 0 spiro atoms. The maximum atomic E-state index is 11.9. The maximum Gasteiger partial charge on any atom is 0.339 e. The van der Waals surface area contributed by atoms with E-state index in [1.165, 1.54) is 18.2 Å². The number of carboxylic acid groups (broad SMARTS) is 1. The second-order valence-electron chi connectivity index (χ2n) is 4.06. The molecule has 0 aliphatic rings. The predicted octanol–water partition coefficient (Wildman–Crippen LogP) is 1.63. The summed E-state index contributed by atoms with van der Waals surface area (Å²) in [5.74, 6) is -2.35. The largest absolute Gasteiger partial charge is 0.618 e. The average molecular weight is 309 g/mol. The highest BCUT2D eigenvalue weighted by molar-refractivity contribution is 6.28. The van der Waals surface area contributed by atoms with E-state index in [0.717, 1.165) is 18.3 Å². The van der Waals surface area contributed by atoms with Crippen LogP contribution in [0.1, 0.15) is 20.7 Å². The molecule has 0 fully saturated rings. The minimum absolute atomic E-state index is 0.0550. The van der Waals surface area contributed by atoms with E-state index in [1.807, 2.05) is 0 Å². The van der Waals surface area contributed by atoms with Crippen LogP contribution in [0.15, 0.2) is 36.5 Å². The number of aromatic nitrogens is 1. The molecule has 1 aromatic heterocycles. The Morgan fingerprint density at radius 3 is 2.57 bits per heavy atom. The quantitative estimate of drug-likeness (QED) is 0.345. The van der Waals surface area contributed by atoms with Crippen LogP contribution in [0.4, 0.5) is 5.69 Å². The molecular weight excluding hydrogens is 300 g/mol. The number of amides is 1. The fraction of sp³-hybridized carbons (Fsp3) is 0. The number of carbonyl (C=O) groups excluding carboxylic acids is 1. The molecule has 8 heteroatoms. The van der Waals surface area contributed by atoms with Gasteiger partial charge in [0.15, 0.2) is 6.20 Å². The SMILES string of the molecule is O=C(Nc1ccc(O)c(C(=O)O)c1)c1ccc(Cl)[n+]([O-])c1. The third kappa shape index (κ3) is 3.21. The first-order valence-corrected chi connectivity index (χ1v) is 6.02. The number of nitrogens with one attached hydrogen (secondary N) is 1. The zero-order valence-corrected chi connectivity index (χ0v) is 11.2. The lowest BCUT2D eigenvalue weighted by molar-refractivity contribution is -0.603. The average Bonchev–Trinajstić information content (AvgIpc) is 2.43. The number of nitrogens with zero attached hydrogens (tertiary/aromatic N) is 1. The molecule has 0 atom stereocenters. The Kier molecular flexibility index (Phi) is 3.95. The third-order valence-electron chi connectivity index (χ3n) is 2.61. The maximum absolute atomic E-state index is 11.9. The Labute approximate surface area is 123 Å². The van der Waals surface area contributed by atoms with Crippen LogP contribution in [0.3, 0.4) is 0 Å². The van der Waals surface area contributed by atoms with Crippen LogP contribution >= 0.6 is 11.6 Å². The van der Waals surface area contributed by atoms with Gasteiger partial charge in [-0.25, -0.2) is 4.79 Å². The Balaban J connectivity index is 2.25. The van der Waals surface area contributed by atoms with Crippen molar-refractivity contribution >= 4 is 29.2 Å². The molecule has 0 bridgehead atoms.